The van der Waals surface area contributed by atoms with Crippen LogP contribution in [0.2, 0.25) is 0 Å². The van der Waals surface area contributed by atoms with Crippen LogP contribution in [0.4, 0.5) is 5.69 Å². The van der Waals surface area contributed by atoms with Gasteiger partial charge in [0.05, 0.1) is 6.17 Å². The molecule has 2 aromatic rings. The summed E-state index contributed by atoms with van der Waals surface area (Å²) >= 11 is 0. The van der Waals surface area contributed by atoms with Crippen molar-refractivity contribution in [1.29, 1.82) is 0 Å². The Morgan fingerprint density at radius 1 is 1.00 bits per heavy atom. The summed E-state index contributed by atoms with van der Waals surface area (Å²) in [6.45, 7) is 12.3. The molecule has 0 aliphatic rings. The Hall–Kier alpha value is -2.00. The number of hydrogen-bond acceptors (Lipinski definition) is 3. The van der Waals surface area contributed by atoms with E-state index in [1.807, 2.05) is 6.07 Å². The van der Waals surface area contributed by atoms with Crippen LogP contribution in [0, 0.1) is 6.92 Å². The third-order valence-electron chi connectivity index (χ3n) is 3.94. The van der Waals surface area contributed by atoms with Crippen molar-refractivity contribution in [3.63, 3.8) is 0 Å². The molecule has 1 unspecified atom stereocenters. The van der Waals surface area contributed by atoms with Gasteiger partial charge in [-0.15, -0.1) is 0 Å². The third-order valence-corrected chi connectivity index (χ3v) is 3.94. The van der Waals surface area contributed by atoms with Gasteiger partial charge in [-0.25, -0.2) is 0 Å². The molecule has 0 fully saturated rings. The van der Waals surface area contributed by atoms with Crippen molar-refractivity contribution < 1.29 is 4.74 Å². The van der Waals surface area contributed by atoms with Crippen LogP contribution in [-0.4, -0.2) is 19.3 Å². The van der Waals surface area contributed by atoms with Crippen LogP contribution >= 0.6 is 0 Å². The molecule has 0 amide bonds. The van der Waals surface area contributed by atoms with Crippen LogP contribution in [-0.2, 0) is 5.41 Å². The molecule has 0 aromatic heterocycles. The average Bonchev–Trinajstić information content (AvgIpc) is 2.53. The van der Waals surface area contributed by atoms with Crippen LogP contribution in [0.25, 0.3) is 0 Å². The molecular weight excluding hydrogens is 296 g/mol. The van der Waals surface area contributed by atoms with Crippen LogP contribution in [0.5, 0.6) is 5.75 Å². The molecule has 2 N–H and O–H groups in total. The lowest BCUT2D eigenvalue weighted by atomic mass is 9.86. The number of para-hydroxylation sites is 1. The van der Waals surface area contributed by atoms with Crippen molar-refractivity contribution in [2.24, 2.45) is 0 Å². The Labute approximate surface area is 146 Å². The molecule has 0 aliphatic heterocycles. The minimum absolute atomic E-state index is 0.0876. The first-order valence-electron chi connectivity index (χ1n) is 8.65. The van der Waals surface area contributed by atoms with Gasteiger partial charge in [0.25, 0.3) is 0 Å². The predicted molar refractivity (Wildman–Crippen MR) is 103 cm³/mol. The van der Waals surface area contributed by atoms with E-state index in [4.69, 9.17) is 4.74 Å². The minimum Gasteiger partial charge on any atom is -0.492 e. The fourth-order valence-electron chi connectivity index (χ4n) is 2.60. The van der Waals surface area contributed by atoms with E-state index in [0.29, 0.717) is 6.61 Å². The van der Waals surface area contributed by atoms with Gasteiger partial charge in [0.1, 0.15) is 12.4 Å². The Balaban J connectivity index is 1.78. The monoisotopic (exact) mass is 326 g/mol. The number of anilines is 1. The smallest absolute Gasteiger partial charge is 0.123 e. The first-order chi connectivity index (χ1) is 11.4. The van der Waals surface area contributed by atoms with Crippen molar-refractivity contribution >= 4 is 5.69 Å². The lowest BCUT2D eigenvalue weighted by Gasteiger charge is -2.23. The topological polar surface area (TPSA) is 33.3 Å². The molecule has 0 saturated carbocycles. The van der Waals surface area contributed by atoms with Gasteiger partial charge in [-0.05, 0) is 43.0 Å². The Morgan fingerprint density at radius 2 is 1.67 bits per heavy atom. The van der Waals surface area contributed by atoms with Crippen LogP contribution in [0.15, 0.2) is 48.5 Å². The Bertz CT molecular complexity index is 629. The summed E-state index contributed by atoms with van der Waals surface area (Å²) in [6.07, 6.45) is 0.189. The molecule has 0 spiro atoms. The number of benzene rings is 2. The summed E-state index contributed by atoms with van der Waals surface area (Å²) < 4.78 is 5.99. The number of hydrogen-bond donors (Lipinski definition) is 2. The highest BCUT2D eigenvalue weighted by atomic mass is 16.5. The first kappa shape index (κ1) is 18.3. The van der Waals surface area contributed by atoms with Crippen molar-refractivity contribution in [1.82, 2.24) is 5.32 Å². The fourth-order valence-corrected chi connectivity index (χ4v) is 2.60. The molecule has 24 heavy (non-hydrogen) atoms. The predicted octanol–water partition coefficient (Wildman–Crippen LogP) is 4.72. The quantitative estimate of drug-likeness (QED) is 0.570. The maximum Gasteiger partial charge on any atom is 0.123 e. The van der Waals surface area contributed by atoms with Gasteiger partial charge in [-0.2, -0.15) is 0 Å². The largest absolute Gasteiger partial charge is 0.492 e. The van der Waals surface area contributed by atoms with E-state index in [2.05, 4.69) is 87.7 Å². The minimum atomic E-state index is 0.0876. The molecular formula is C21H30N2O. The van der Waals surface area contributed by atoms with Gasteiger partial charge < -0.3 is 10.1 Å². The SMILES string of the molecule is Cc1ccc(NC(C)NCCOc2ccccc2C(C)(C)C)cc1. The zero-order valence-corrected chi connectivity index (χ0v) is 15.5. The van der Waals surface area contributed by atoms with E-state index in [-0.39, 0.29) is 11.6 Å². The summed E-state index contributed by atoms with van der Waals surface area (Å²) in [5.41, 5.74) is 3.73. The molecule has 0 bridgehead atoms. The molecule has 130 valence electrons. The van der Waals surface area contributed by atoms with Crippen molar-refractivity contribution in [2.45, 2.75) is 46.2 Å². The fraction of sp³-hybridized carbons (Fsp3) is 0.429. The lowest BCUT2D eigenvalue weighted by Crippen LogP contribution is -2.36. The molecule has 2 aromatic carbocycles. The van der Waals surface area contributed by atoms with Gasteiger partial charge in [-0.1, -0.05) is 56.7 Å². The van der Waals surface area contributed by atoms with E-state index in [1.165, 1.54) is 11.1 Å². The Kier molecular flexibility index (Phi) is 6.27. The highest BCUT2D eigenvalue weighted by molar-refractivity contribution is 5.44. The molecule has 0 aliphatic carbocycles. The van der Waals surface area contributed by atoms with E-state index < -0.39 is 0 Å². The molecule has 3 nitrogen and oxygen atoms in total. The summed E-state index contributed by atoms with van der Waals surface area (Å²) in [5.74, 6) is 0.978. The van der Waals surface area contributed by atoms with Gasteiger partial charge >= 0.3 is 0 Å². The number of aryl methyl sites for hydroxylation is 1. The van der Waals surface area contributed by atoms with Crippen LogP contribution in [0.3, 0.4) is 0 Å². The van der Waals surface area contributed by atoms with Crippen LogP contribution in [0.1, 0.15) is 38.8 Å². The van der Waals surface area contributed by atoms with Crippen LogP contribution < -0.4 is 15.4 Å². The summed E-state index contributed by atoms with van der Waals surface area (Å²) in [7, 11) is 0. The zero-order valence-electron chi connectivity index (χ0n) is 15.5. The third kappa shape index (κ3) is 5.57. The van der Waals surface area contributed by atoms with E-state index >= 15 is 0 Å². The maximum absolute atomic E-state index is 5.99. The highest BCUT2D eigenvalue weighted by Gasteiger charge is 2.18. The lowest BCUT2D eigenvalue weighted by molar-refractivity contribution is 0.302. The standard InChI is InChI=1S/C21H30N2O/c1-16-10-12-18(13-11-16)23-17(2)22-14-15-24-20-9-7-6-8-19(20)21(3,4)5/h6-13,17,22-23H,14-15H2,1-5H3. The molecule has 2 rings (SSSR count). The highest BCUT2D eigenvalue weighted by Crippen LogP contribution is 2.30. The van der Waals surface area contributed by atoms with Crippen molar-refractivity contribution in [3.05, 3.63) is 59.7 Å². The molecule has 0 saturated heterocycles. The van der Waals surface area contributed by atoms with Gasteiger partial charge in [0, 0.05) is 12.2 Å². The molecule has 0 radical (unpaired) electrons. The maximum atomic E-state index is 5.99. The summed E-state index contributed by atoms with van der Waals surface area (Å²) in [4.78, 5) is 0. The van der Waals surface area contributed by atoms with E-state index in [9.17, 15) is 0 Å². The van der Waals surface area contributed by atoms with Crippen molar-refractivity contribution in [2.75, 3.05) is 18.5 Å². The van der Waals surface area contributed by atoms with Crippen molar-refractivity contribution in [3.8, 4) is 5.75 Å². The first-order valence-corrected chi connectivity index (χ1v) is 8.65. The van der Waals surface area contributed by atoms with Gasteiger partial charge in [0.15, 0.2) is 0 Å². The van der Waals surface area contributed by atoms with Gasteiger partial charge in [0.2, 0.25) is 0 Å². The van der Waals surface area contributed by atoms with E-state index in [0.717, 1.165) is 18.0 Å². The second-order valence-electron chi connectivity index (χ2n) is 7.28. The molecule has 1 atom stereocenters. The van der Waals surface area contributed by atoms with E-state index in [1.54, 1.807) is 0 Å². The summed E-state index contributed by atoms with van der Waals surface area (Å²) in [5, 5.41) is 6.87. The second-order valence-corrected chi connectivity index (χ2v) is 7.28. The number of rotatable bonds is 7. The second kappa shape index (κ2) is 8.20. The Morgan fingerprint density at radius 3 is 2.33 bits per heavy atom. The number of nitrogens with one attached hydrogen (secondary N) is 2. The average molecular weight is 326 g/mol. The zero-order chi connectivity index (χ0) is 17.6. The molecule has 3 heteroatoms. The molecule has 0 heterocycles. The normalized spacial score (nSPS) is 12.7. The summed E-state index contributed by atoms with van der Waals surface area (Å²) in [6, 6.07) is 16.7. The van der Waals surface area contributed by atoms with Gasteiger partial charge in [-0.3, -0.25) is 5.32 Å². The number of ether oxygens (including phenoxy) is 1.